The van der Waals surface area contributed by atoms with Gasteiger partial charge in [0.25, 0.3) is 5.91 Å². The minimum Gasteiger partial charge on any atom is -0.486 e. The minimum absolute atomic E-state index is 0.00497. The number of likely N-dealkylation sites (N-methyl/N-ethyl adjacent to an activating group) is 1. The molecular formula is C23H31NO4. The standard InChI is InChI=1S/C23H31NO4/c1-24(17-8-4-2-5-9-17)22(26)16-27-18-10-11-19-20(25)15-23(28-21(19)14-18)12-6-3-7-13-23/h10-11,14,17H,2-9,12-13,15-16H2,1H3. The molecule has 0 unspecified atom stereocenters. The molecular weight excluding hydrogens is 354 g/mol. The summed E-state index contributed by atoms with van der Waals surface area (Å²) in [6, 6.07) is 5.67. The Balaban J connectivity index is 1.40. The Bertz CT molecular complexity index is 732. The number of nitrogens with zero attached hydrogens (tertiary/aromatic N) is 1. The fourth-order valence-electron chi connectivity index (χ4n) is 4.96. The third kappa shape index (κ3) is 4.03. The highest BCUT2D eigenvalue weighted by Gasteiger charge is 2.41. The number of ether oxygens (including phenoxy) is 2. The molecule has 0 saturated heterocycles. The van der Waals surface area contributed by atoms with E-state index >= 15 is 0 Å². The zero-order valence-electron chi connectivity index (χ0n) is 16.9. The predicted molar refractivity (Wildman–Crippen MR) is 107 cm³/mol. The van der Waals surface area contributed by atoms with E-state index in [1.165, 1.54) is 25.7 Å². The van der Waals surface area contributed by atoms with E-state index in [4.69, 9.17) is 9.47 Å². The molecule has 0 radical (unpaired) electrons. The first-order chi connectivity index (χ1) is 13.6. The molecule has 2 fully saturated rings. The fraction of sp³-hybridized carbons (Fsp3) is 0.652. The summed E-state index contributed by atoms with van der Waals surface area (Å²) < 4.78 is 12.1. The zero-order chi connectivity index (χ0) is 19.6. The van der Waals surface area contributed by atoms with Crippen molar-refractivity contribution in [2.45, 2.75) is 82.3 Å². The number of hydrogen-bond donors (Lipinski definition) is 0. The maximum Gasteiger partial charge on any atom is 0.260 e. The first kappa shape index (κ1) is 19.3. The summed E-state index contributed by atoms with van der Waals surface area (Å²) in [4.78, 5) is 27.0. The molecule has 0 atom stereocenters. The summed E-state index contributed by atoms with van der Waals surface area (Å²) in [5.41, 5.74) is 0.298. The summed E-state index contributed by atoms with van der Waals surface area (Å²) in [7, 11) is 1.88. The van der Waals surface area contributed by atoms with Gasteiger partial charge in [-0.2, -0.15) is 0 Å². The summed E-state index contributed by atoms with van der Waals surface area (Å²) in [6.45, 7) is 0.0187. The Hall–Kier alpha value is -2.04. The SMILES string of the molecule is CN(C(=O)COc1ccc2c(c1)OC1(CCCCC1)CC2=O)C1CCCCC1. The third-order valence-corrected chi connectivity index (χ3v) is 6.71. The highest BCUT2D eigenvalue weighted by atomic mass is 16.5. The van der Waals surface area contributed by atoms with E-state index in [9.17, 15) is 9.59 Å². The molecule has 0 bridgehead atoms. The quantitative estimate of drug-likeness (QED) is 0.764. The van der Waals surface area contributed by atoms with Crippen LogP contribution in [0.5, 0.6) is 11.5 Å². The Morgan fingerprint density at radius 1 is 1.14 bits per heavy atom. The van der Waals surface area contributed by atoms with Gasteiger partial charge in [0, 0.05) is 19.2 Å². The topological polar surface area (TPSA) is 55.8 Å². The van der Waals surface area contributed by atoms with Crippen molar-refractivity contribution in [2.24, 2.45) is 0 Å². The average molecular weight is 386 g/mol. The van der Waals surface area contributed by atoms with Crippen molar-refractivity contribution < 1.29 is 19.1 Å². The Kier molecular flexibility index (Phi) is 5.61. The molecule has 4 rings (SSSR count). The Morgan fingerprint density at radius 2 is 1.86 bits per heavy atom. The minimum atomic E-state index is -0.335. The number of carbonyl (C=O) groups excluding carboxylic acids is 2. The van der Waals surface area contributed by atoms with E-state index in [1.54, 1.807) is 18.2 Å². The van der Waals surface area contributed by atoms with Gasteiger partial charge in [0.2, 0.25) is 0 Å². The second kappa shape index (κ2) is 8.14. The van der Waals surface area contributed by atoms with Crippen LogP contribution in [0.25, 0.3) is 0 Å². The van der Waals surface area contributed by atoms with Crippen LogP contribution in [0.1, 0.15) is 81.0 Å². The van der Waals surface area contributed by atoms with E-state index in [0.717, 1.165) is 38.5 Å². The molecule has 1 spiro atoms. The maximum atomic E-state index is 12.6. The molecule has 152 valence electrons. The normalized spacial score (nSPS) is 21.7. The van der Waals surface area contributed by atoms with Crippen LogP contribution in [0.3, 0.4) is 0 Å². The molecule has 0 N–H and O–H groups in total. The van der Waals surface area contributed by atoms with Crippen molar-refractivity contribution in [3.05, 3.63) is 23.8 Å². The van der Waals surface area contributed by atoms with Crippen molar-refractivity contribution in [1.82, 2.24) is 4.90 Å². The lowest BCUT2D eigenvalue weighted by Gasteiger charge is -2.40. The van der Waals surface area contributed by atoms with Crippen molar-refractivity contribution >= 4 is 11.7 Å². The second-order valence-electron chi connectivity index (χ2n) is 8.69. The van der Waals surface area contributed by atoms with E-state index < -0.39 is 0 Å². The van der Waals surface area contributed by atoms with Crippen LogP contribution < -0.4 is 9.47 Å². The van der Waals surface area contributed by atoms with Gasteiger partial charge in [-0.15, -0.1) is 0 Å². The highest BCUT2D eigenvalue weighted by molar-refractivity contribution is 6.00. The lowest BCUT2D eigenvalue weighted by molar-refractivity contribution is -0.134. The van der Waals surface area contributed by atoms with Gasteiger partial charge < -0.3 is 14.4 Å². The number of rotatable bonds is 4. The lowest BCUT2D eigenvalue weighted by Crippen LogP contribution is -2.43. The molecule has 2 saturated carbocycles. The largest absolute Gasteiger partial charge is 0.486 e. The van der Waals surface area contributed by atoms with Crippen LogP contribution in [0, 0.1) is 0 Å². The van der Waals surface area contributed by atoms with Crippen molar-refractivity contribution in [2.75, 3.05) is 13.7 Å². The average Bonchev–Trinajstić information content (AvgIpc) is 2.72. The molecule has 5 heteroatoms. The zero-order valence-corrected chi connectivity index (χ0v) is 16.9. The van der Waals surface area contributed by atoms with Crippen LogP contribution in [0.15, 0.2) is 18.2 Å². The summed E-state index contributed by atoms with van der Waals surface area (Å²) in [6.07, 6.45) is 11.6. The summed E-state index contributed by atoms with van der Waals surface area (Å²) in [5, 5.41) is 0. The second-order valence-corrected chi connectivity index (χ2v) is 8.69. The van der Waals surface area contributed by atoms with E-state index in [0.29, 0.717) is 29.5 Å². The van der Waals surface area contributed by atoms with Gasteiger partial charge in [-0.25, -0.2) is 0 Å². The number of benzene rings is 1. The third-order valence-electron chi connectivity index (χ3n) is 6.71. The molecule has 28 heavy (non-hydrogen) atoms. The molecule has 3 aliphatic rings. The molecule has 1 amide bonds. The van der Waals surface area contributed by atoms with Crippen LogP contribution in [0.4, 0.5) is 0 Å². The number of fused-ring (bicyclic) bond motifs is 1. The monoisotopic (exact) mass is 385 g/mol. The van der Waals surface area contributed by atoms with Gasteiger partial charge in [-0.05, 0) is 50.7 Å². The van der Waals surface area contributed by atoms with Crippen molar-refractivity contribution in [1.29, 1.82) is 0 Å². The van der Waals surface area contributed by atoms with Gasteiger partial charge in [0.1, 0.15) is 17.1 Å². The van der Waals surface area contributed by atoms with Crippen LogP contribution in [0.2, 0.25) is 0 Å². The van der Waals surface area contributed by atoms with Crippen molar-refractivity contribution in [3.63, 3.8) is 0 Å². The van der Waals surface area contributed by atoms with Crippen molar-refractivity contribution in [3.8, 4) is 11.5 Å². The smallest absolute Gasteiger partial charge is 0.260 e. The number of ketones is 1. The number of Topliss-reactive ketones (excluding diaryl/α,β-unsaturated/α-hetero) is 1. The molecule has 5 nitrogen and oxygen atoms in total. The van der Waals surface area contributed by atoms with Gasteiger partial charge >= 0.3 is 0 Å². The van der Waals surface area contributed by atoms with Crippen LogP contribution in [-0.4, -0.2) is 41.9 Å². The molecule has 1 aromatic rings. The summed E-state index contributed by atoms with van der Waals surface area (Å²) >= 11 is 0. The van der Waals surface area contributed by atoms with Gasteiger partial charge in [0.05, 0.1) is 12.0 Å². The number of hydrogen-bond acceptors (Lipinski definition) is 4. The first-order valence-corrected chi connectivity index (χ1v) is 10.8. The van der Waals surface area contributed by atoms with E-state index in [-0.39, 0.29) is 23.9 Å². The fourth-order valence-corrected chi connectivity index (χ4v) is 4.96. The first-order valence-electron chi connectivity index (χ1n) is 10.8. The lowest BCUT2D eigenvalue weighted by atomic mass is 9.78. The molecule has 1 aromatic carbocycles. The molecule has 0 aromatic heterocycles. The number of carbonyl (C=O) groups is 2. The van der Waals surface area contributed by atoms with Gasteiger partial charge in [0.15, 0.2) is 12.4 Å². The van der Waals surface area contributed by atoms with Crippen LogP contribution in [-0.2, 0) is 4.79 Å². The van der Waals surface area contributed by atoms with E-state index in [1.807, 2.05) is 11.9 Å². The van der Waals surface area contributed by atoms with Gasteiger partial charge in [-0.1, -0.05) is 25.7 Å². The molecule has 2 aliphatic carbocycles. The predicted octanol–water partition coefficient (Wildman–Crippen LogP) is 4.52. The van der Waals surface area contributed by atoms with E-state index in [2.05, 4.69) is 0 Å². The Morgan fingerprint density at radius 3 is 2.61 bits per heavy atom. The van der Waals surface area contributed by atoms with Crippen LogP contribution >= 0.6 is 0 Å². The summed E-state index contributed by atoms with van der Waals surface area (Å²) in [5.74, 6) is 1.36. The van der Waals surface area contributed by atoms with Gasteiger partial charge in [-0.3, -0.25) is 9.59 Å². The molecule has 1 aliphatic heterocycles. The maximum absolute atomic E-state index is 12.6. The number of amides is 1. The molecule has 1 heterocycles. The highest BCUT2D eigenvalue weighted by Crippen LogP contribution is 2.42. The Labute approximate surface area is 167 Å².